The van der Waals surface area contributed by atoms with Gasteiger partial charge in [-0.1, -0.05) is 57.0 Å². The number of pyridine rings is 1. The lowest BCUT2D eigenvalue weighted by molar-refractivity contribution is 0.0932. The molecule has 0 atom stereocenters. The summed E-state index contributed by atoms with van der Waals surface area (Å²) in [7, 11) is -3.33. The molecule has 6 nitrogen and oxygen atoms in total. The molecule has 3 rings (SSSR count). The van der Waals surface area contributed by atoms with Gasteiger partial charge in [0, 0.05) is 25.0 Å². The number of nitrogens with zero attached hydrogens (tertiary/aromatic N) is 2. The number of hydrogen-bond acceptors (Lipinski definition) is 4. The number of hydrogen-bond donors (Lipinski definition) is 1. The van der Waals surface area contributed by atoms with Crippen molar-refractivity contribution in [1.82, 2.24) is 14.6 Å². The van der Waals surface area contributed by atoms with E-state index in [2.05, 4.69) is 10.3 Å². The van der Waals surface area contributed by atoms with Gasteiger partial charge < -0.3 is 5.32 Å². The van der Waals surface area contributed by atoms with Crippen molar-refractivity contribution in [3.8, 4) is 0 Å². The van der Waals surface area contributed by atoms with Gasteiger partial charge in [-0.25, -0.2) is 17.7 Å². The monoisotopic (exact) mass is 497 g/mol. The lowest BCUT2D eigenvalue weighted by atomic mass is 9.75. The van der Waals surface area contributed by atoms with Crippen molar-refractivity contribution >= 4 is 27.5 Å². The predicted octanol–water partition coefficient (Wildman–Crippen LogP) is 4.79. The Hall–Kier alpha value is -2.03. The number of carbonyl (C=O) groups excluding carboxylic acids is 1. The second kappa shape index (κ2) is 12.4. The first kappa shape index (κ1) is 27.2. The molecule has 1 aliphatic heterocycles. The lowest BCUT2D eigenvalue weighted by Crippen LogP contribution is -2.51. The maximum Gasteiger partial charge on any atom is 0.252 e. The van der Waals surface area contributed by atoms with Crippen molar-refractivity contribution < 1.29 is 17.6 Å². The molecule has 0 spiro atoms. The Kier molecular flexibility index (Phi) is 10.3. The minimum absolute atomic E-state index is 0.123. The van der Waals surface area contributed by atoms with Crippen molar-refractivity contribution in [2.75, 3.05) is 25.4 Å². The molecule has 0 bridgehead atoms. The molecule has 0 aliphatic carbocycles. The first-order valence-corrected chi connectivity index (χ1v) is 13.4. The van der Waals surface area contributed by atoms with Gasteiger partial charge in [0.2, 0.25) is 16.0 Å². The predicted molar refractivity (Wildman–Crippen MR) is 131 cm³/mol. The fourth-order valence-corrected chi connectivity index (χ4v) is 5.74. The second-order valence-corrected chi connectivity index (χ2v) is 10.4. The number of nitrogens with one attached hydrogen (secondary N) is 1. The highest BCUT2D eigenvalue weighted by molar-refractivity contribution is 7.89. The zero-order valence-corrected chi connectivity index (χ0v) is 21.1. The highest BCUT2D eigenvalue weighted by Crippen LogP contribution is 2.35. The van der Waals surface area contributed by atoms with Gasteiger partial charge in [0.05, 0.1) is 22.0 Å². The summed E-state index contributed by atoms with van der Waals surface area (Å²) in [4.78, 5) is 16.8. The molecule has 1 saturated heterocycles. The zero-order chi connectivity index (χ0) is 24.5. The number of carbonyl (C=O) groups is 1. The minimum Gasteiger partial charge on any atom is -0.351 e. The molecule has 33 heavy (non-hydrogen) atoms. The summed E-state index contributed by atoms with van der Waals surface area (Å²) in [5, 5.41) is 3.24. The molecule has 2 aromatic rings. The Morgan fingerprint density at radius 3 is 2.42 bits per heavy atom. The SMILES string of the molecule is CC.CCCCS(=O)(=O)N1CCC(CNC(=O)c2ccccc2Cl)(c2cccc(F)n2)CC1. The normalized spacial score (nSPS) is 15.9. The minimum atomic E-state index is -3.33. The molecule has 1 aromatic carbocycles. The van der Waals surface area contributed by atoms with Crippen molar-refractivity contribution in [3.63, 3.8) is 0 Å². The van der Waals surface area contributed by atoms with Gasteiger partial charge in [-0.15, -0.1) is 0 Å². The summed E-state index contributed by atoms with van der Waals surface area (Å²) in [5.74, 6) is -0.815. The molecule has 1 N–H and O–H groups in total. The molecular weight excluding hydrogens is 465 g/mol. The van der Waals surface area contributed by atoms with E-state index in [-0.39, 0.29) is 18.2 Å². The van der Waals surface area contributed by atoms with E-state index in [0.29, 0.717) is 48.6 Å². The number of halogens is 2. The van der Waals surface area contributed by atoms with Crippen molar-refractivity contribution in [2.45, 2.75) is 51.9 Å². The van der Waals surface area contributed by atoms with Crippen molar-refractivity contribution in [2.24, 2.45) is 0 Å². The molecule has 1 fully saturated rings. The Labute approximate surface area is 201 Å². The first-order valence-electron chi connectivity index (χ1n) is 11.4. The van der Waals surface area contributed by atoms with Crippen LogP contribution in [0, 0.1) is 5.95 Å². The van der Waals surface area contributed by atoms with E-state index in [1.54, 1.807) is 36.4 Å². The van der Waals surface area contributed by atoms with Crippen LogP contribution in [-0.2, 0) is 15.4 Å². The molecule has 182 valence electrons. The third kappa shape index (κ3) is 6.98. The zero-order valence-electron chi connectivity index (χ0n) is 19.5. The summed E-state index contributed by atoms with van der Waals surface area (Å²) in [6.45, 7) is 6.75. The van der Waals surface area contributed by atoms with Crippen LogP contribution in [0.2, 0.25) is 5.02 Å². The van der Waals surface area contributed by atoms with Crippen LogP contribution in [0.25, 0.3) is 0 Å². The third-order valence-corrected chi connectivity index (χ3v) is 8.08. The van der Waals surface area contributed by atoms with E-state index in [1.807, 2.05) is 20.8 Å². The molecule has 9 heteroatoms. The third-order valence-electron chi connectivity index (χ3n) is 5.79. The maximum absolute atomic E-state index is 13.9. The largest absolute Gasteiger partial charge is 0.351 e. The molecule has 0 saturated carbocycles. The smallest absolute Gasteiger partial charge is 0.252 e. The van der Waals surface area contributed by atoms with Crippen LogP contribution < -0.4 is 5.32 Å². The number of benzene rings is 1. The fraction of sp³-hybridized carbons (Fsp3) is 0.500. The highest BCUT2D eigenvalue weighted by atomic mass is 35.5. The van der Waals surface area contributed by atoms with Crippen molar-refractivity contribution in [3.05, 3.63) is 64.7 Å². The van der Waals surface area contributed by atoms with E-state index < -0.39 is 21.4 Å². The fourth-order valence-electron chi connectivity index (χ4n) is 3.87. The lowest BCUT2D eigenvalue weighted by Gasteiger charge is -2.41. The van der Waals surface area contributed by atoms with E-state index >= 15 is 0 Å². The average Bonchev–Trinajstić information content (AvgIpc) is 2.83. The Morgan fingerprint density at radius 2 is 1.82 bits per heavy atom. The number of sulfonamides is 1. The van der Waals surface area contributed by atoms with Crippen LogP contribution in [-0.4, -0.2) is 49.0 Å². The van der Waals surface area contributed by atoms with Crippen LogP contribution in [0.5, 0.6) is 0 Å². The first-order chi connectivity index (χ1) is 15.8. The number of rotatable bonds is 8. The number of amides is 1. The van der Waals surface area contributed by atoms with E-state index in [4.69, 9.17) is 11.6 Å². The summed E-state index contributed by atoms with van der Waals surface area (Å²) < 4.78 is 40.6. The second-order valence-electron chi connectivity index (χ2n) is 7.86. The van der Waals surface area contributed by atoms with Gasteiger partial charge in [0.25, 0.3) is 5.91 Å². The Morgan fingerprint density at radius 1 is 1.15 bits per heavy atom. The van der Waals surface area contributed by atoms with E-state index in [0.717, 1.165) is 6.42 Å². The molecule has 2 heterocycles. The van der Waals surface area contributed by atoms with Gasteiger partial charge in [-0.2, -0.15) is 4.39 Å². The van der Waals surface area contributed by atoms with Crippen LogP contribution in [0.3, 0.4) is 0 Å². The molecular formula is C24H33ClFN3O3S. The number of unbranched alkanes of at least 4 members (excludes halogenated alkanes) is 1. The highest BCUT2D eigenvalue weighted by Gasteiger charge is 2.40. The Bertz CT molecular complexity index is 1030. The average molecular weight is 498 g/mol. The molecule has 1 amide bonds. The quantitative estimate of drug-likeness (QED) is 0.531. The van der Waals surface area contributed by atoms with Gasteiger partial charge >= 0.3 is 0 Å². The molecule has 0 unspecified atom stereocenters. The molecule has 1 aliphatic rings. The van der Waals surface area contributed by atoms with Gasteiger partial charge in [0.1, 0.15) is 0 Å². The van der Waals surface area contributed by atoms with Gasteiger partial charge in [-0.3, -0.25) is 4.79 Å². The van der Waals surface area contributed by atoms with Crippen LogP contribution in [0.15, 0.2) is 42.5 Å². The molecule has 1 aromatic heterocycles. The Balaban J connectivity index is 0.00000187. The van der Waals surface area contributed by atoms with E-state index in [1.165, 1.54) is 10.4 Å². The van der Waals surface area contributed by atoms with E-state index in [9.17, 15) is 17.6 Å². The van der Waals surface area contributed by atoms with Gasteiger partial charge in [-0.05, 0) is 43.5 Å². The van der Waals surface area contributed by atoms with Crippen LogP contribution in [0.4, 0.5) is 4.39 Å². The number of piperidine rings is 1. The van der Waals surface area contributed by atoms with Crippen LogP contribution in [0.1, 0.15) is 62.5 Å². The maximum atomic E-state index is 13.9. The molecule has 0 radical (unpaired) electrons. The summed E-state index contributed by atoms with van der Waals surface area (Å²) in [6, 6.07) is 11.3. The number of aromatic nitrogens is 1. The van der Waals surface area contributed by atoms with Gasteiger partial charge in [0.15, 0.2) is 0 Å². The topological polar surface area (TPSA) is 79.4 Å². The standard InChI is InChI=1S/C22H27ClFN3O3S.C2H6/c1-2-3-15-31(29,30)27-13-11-22(12-14-27,19-9-6-10-20(24)26-19)16-25-21(28)17-7-4-5-8-18(17)23;1-2/h4-10H,2-3,11-16H2,1H3,(H,25,28);1-2H3. The summed E-state index contributed by atoms with van der Waals surface area (Å²) in [6.07, 6.45) is 2.27. The summed E-state index contributed by atoms with van der Waals surface area (Å²) >= 11 is 6.13. The van der Waals surface area contributed by atoms with Crippen molar-refractivity contribution in [1.29, 1.82) is 0 Å². The van der Waals surface area contributed by atoms with Crippen LogP contribution >= 0.6 is 11.6 Å². The summed E-state index contributed by atoms with van der Waals surface area (Å²) in [5.41, 5.74) is 0.194.